The van der Waals surface area contributed by atoms with E-state index in [4.69, 9.17) is 15.2 Å². The molecule has 0 spiro atoms. The van der Waals surface area contributed by atoms with Gasteiger partial charge in [-0.15, -0.1) is 0 Å². The Balaban J connectivity index is 2.67. The summed E-state index contributed by atoms with van der Waals surface area (Å²) < 4.78 is 9.87. The van der Waals surface area contributed by atoms with E-state index in [1.165, 1.54) is 19.5 Å². The van der Waals surface area contributed by atoms with Crippen LogP contribution in [-0.2, 0) is 4.74 Å². The lowest BCUT2D eigenvalue weighted by Gasteiger charge is -2.11. The number of hydrogen-bond donors (Lipinski definition) is 1. The third-order valence-corrected chi connectivity index (χ3v) is 2.29. The number of Topliss-reactive ketones (excluding diaryl/α,β-unsaturated/α-hetero) is 1. The van der Waals surface area contributed by atoms with E-state index < -0.39 is 6.04 Å². The quantitative estimate of drug-likeness (QED) is 0.548. The molecule has 6 heteroatoms. The lowest BCUT2D eigenvalue weighted by Crippen LogP contribution is -2.31. The van der Waals surface area contributed by atoms with Gasteiger partial charge in [-0.3, -0.25) is 4.79 Å². The topological polar surface area (TPSA) is 87.3 Å². The number of carbonyl (C=O) groups excluding carboxylic acids is 1. The number of ether oxygens (including phenoxy) is 2. The summed E-state index contributed by atoms with van der Waals surface area (Å²) in [6.45, 7) is 0.582. The summed E-state index contributed by atoms with van der Waals surface area (Å²) in [6, 6.07) is -0.601. The predicted octanol–water partition coefficient (Wildman–Crippen LogP) is 0.422. The van der Waals surface area contributed by atoms with Crippen molar-refractivity contribution in [3.63, 3.8) is 0 Å². The summed E-state index contributed by atoms with van der Waals surface area (Å²) in [7, 11) is 3.05. The molecular weight excluding hydrogens is 222 g/mol. The number of ketones is 1. The average Bonchev–Trinajstić information content (AvgIpc) is 2.38. The Kier molecular flexibility index (Phi) is 5.51. The molecule has 1 heterocycles. The van der Waals surface area contributed by atoms with Gasteiger partial charge >= 0.3 is 0 Å². The van der Waals surface area contributed by atoms with Crippen molar-refractivity contribution in [3.8, 4) is 5.88 Å². The van der Waals surface area contributed by atoms with Gasteiger partial charge in [-0.25, -0.2) is 9.97 Å². The SMILES string of the molecule is COCCCC(N)C(=O)c1nccnc1OC. The Morgan fingerprint density at radius 2 is 2.12 bits per heavy atom. The van der Waals surface area contributed by atoms with E-state index in [0.717, 1.165) is 6.42 Å². The molecule has 17 heavy (non-hydrogen) atoms. The molecule has 1 rings (SSSR count). The van der Waals surface area contributed by atoms with Crippen molar-refractivity contribution in [2.24, 2.45) is 5.73 Å². The summed E-state index contributed by atoms with van der Waals surface area (Å²) in [5.41, 5.74) is 5.97. The Labute approximate surface area is 100 Å². The van der Waals surface area contributed by atoms with Crippen molar-refractivity contribution < 1.29 is 14.3 Å². The van der Waals surface area contributed by atoms with Gasteiger partial charge in [0.1, 0.15) is 0 Å². The first-order valence-corrected chi connectivity index (χ1v) is 5.34. The number of hydrogen-bond acceptors (Lipinski definition) is 6. The third-order valence-electron chi connectivity index (χ3n) is 2.29. The summed E-state index contributed by atoms with van der Waals surface area (Å²) in [5, 5.41) is 0. The normalized spacial score (nSPS) is 12.2. The van der Waals surface area contributed by atoms with Gasteiger partial charge in [-0.2, -0.15) is 0 Å². The Morgan fingerprint density at radius 1 is 1.41 bits per heavy atom. The molecule has 0 saturated carbocycles. The molecule has 0 bridgehead atoms. The highest BCUT2D eigenvalue weighted by atomic mass is 16.5. The highest BCUT2D eigenvalue weighted by Gasteiger charge is 2.21. The minimum absolute atomic E-state index is 0.180. The van der Waals surface area contributed by atoms with Gasteiger partial charge in [0.25, 0.3) is 0 Å². The van der Waals surface area contributed by atoms with Crippen LogP contribution < -0.4 is 10.5 Å². The van der Waals surface area contributed by atoms with Crippen molar-refractivity contribution in [2.45, 2.75) is 18.9 Å². The molecule has 0 aliphatic heterocycles. The molecule has 0 aliphatic rings. The van der Waals surface area contributed by atoms with Crippen molar-refractivity contribution in [2.75, 3.05) is 20.8 Å². The summed E-state index contributed by atoms with van der Waals surface area (Å²) in [5.74, 6) is -0.0502. The molecule has 6 nitrogen and oxygen atoms in total. The second-order valence-corrected chi connectivity index (χ2v) is 3.52. The summed E-state index contributed by atoms with van der Waals surface area (Å²) in [6.07, 6.45) is 4.18. The number of methoxy groups -OCH3 is 2. The van der Waals surface area contributed by atoms with Crippen LogP contribution in [0.4, 0.5) is 0 Å². The Hall–Kier alpha value is -1.53. The van der Waals surface area contributed by atoms with Crippen molar-refractivity contribution in [3.05, 3.63) is 18.1 Å². The first-order valence-electron chi connectivity index (χ1n) is 5.34. The van der Waals surface area contributed by atoms with E-state index in [1.807, 2.05) is 0 Å². The van der Waals surface area contributed by atoms with Crippen LogP contribution in [0.1, 0.15) is 23.3 Å². The van der Waals surface area contributed by atoms with Gasteiger partial charge in [-0.1, -0.05) is 0 Å². The van der Waals surface area contributed by atoms with E-state index in [1.54, 1.807) is 7.11 Å². The molecular formula is C11H17N3O3. The molecule has 0 fully saturated rings. The van der Waals surface area contributed by atoms with Crippen molar-refractivity contribution in [1.29, 1.82) is 0 Å². The highest BCUT2D eigenvalue weighted by molar-refractivity contribution is 6.00. The number of nitrogens with two attached hydrogens (primary N) is 1. The standard InChI is InChI=1S/C11H17N3O3/c1-16-7-3-4-8(12)10(15)9-11(17-2)14-6-5-13-9/h5-6,8H,3-4,7,12H2,1-2H3. The minimum atomic E-state index is -0.601. The van der Waals surface area contributed by atoms with E-state index in [0.29, 0.717) is 13.0 Å². The lowest BCUT2D eigenvalue weighted by molar-refractivity contribution is 0.0941. The number of nitrogens with zero attached hydrogens (tertiary/aromatic N) is 2. The summed E-state index contributed by atoms with van der Waals surface area (Å²) in [4.78, 5) is 19.8. The Bertz CT molecular complexity index is 371. The van der Waals surface area contributed by atoms with Crippen molar-refractivity contribution >= 4 is 5.78 Å². The third kappa shape index (κ3) is 3.76. The van der Waals surface area contributed by atoms with Crippen LogP contribution in [0.3, 0.4) is 0 Å². The highest BCUT2D eigenvalue weighted by Crippen LogP contribution is 2.13. The monoisotopic (exact) mass is 239 g/mol. The second kappa shape index (κ2) is 6.93. The zero-order valence-electron chi connectivity index (χ0n) is 10.0. The van der Waals surface area contributed by atoms with E-state index >= 15 is 0 Å². The molecule has 0 aromatic carbocycles. The van der Waals surface area contributed by atoms with Crippen LogP contribution in [-0.4, -0.2) is 42.6 Å². The molecule has 2 N–H and O–H groups in total. The molecule has 1 unspecified atom stereocenters. The van der Waals surface area contributed by atoms with Crippen LogP contribution >= 0.6 is 0 Å². The van der Waals surface area contributed by atoms with Crippen molar-refractivity contribution in [1.82, 2.24) is 9.97 Å². The van der Waals surface area contributed by atoms with Gasteiger partial charge in [0, 0.05) is 26.1 Å². The smallest absolute Gasteiger partial charge is 0.243 e. The molecule has 0 amide bonds. The maximum atomic E-state index is 12.0. The van der Waals surface area contributed by atoms with Gasteiger partial charge in [-0.05, 0) is 12.8 Å². The van der Waals surface area contributed by atoms with Crippen LogP contribution in [0.15, 0.2) is 12.4 Å². The number of carbonyl (C=O) groups is 1. The molecule has 1 aromatic rings. The van der Waals surface area contributed by atoms with E-state index in [2.05, 4.69) is 9.97 Å². The molecule has 94 valence electrons. The first-order chi connectivity index (χ1) is 8.20. The van der Waals surface area contributed by atoms with Gasteiger partial charge in [0.05, 0.1) is 13.2 Å². The minimum Gasteiger partial charge on any atom is -0.479 e. The maximum Gasteiger partial charge on any atom is 0.243 e. The van der Waals surface area contributed by atoms with Gasteiger partial charge in [0.2, 0.25) is 11.7 Å². The molecule has 0 saturated heterocycles. The number of rotatable bonds is 7. The number of aromatic nitrogens is 2. The fraction of sp³-hybridized carbons (Fsp3) is 0.545. The molecule has 0 aliphatic carbocycles. The fourth-order valence-electron chi connectivity index (χ4n) is 1.40. The summed E-state index contributed by atoms with van der Waals surface area (Å²) >= 11 is 0. The largest absolute Gasteiger partial charge is 0.479 e. The zero-order valence-corrected chi connectivity index (χ0v) is 10.0. The Morgan fingerprint density at radius 3 is 2.76 bits per heavy atom. The molecule has 1 aromatic heterocycles. The van der Waals surface area contributed by atoms with Gasteiger partial charge < -0.3 is 15.2 Å². The van der Waals surface area contributed by atoms with Crippen LogP contribution in [0.2, 0.25) is 0 Å². The van der Waals surface area contributed by atoms with Crippen LogP contribution in [0.5, 0.6) is 5.88 Å². The zero-order chi connectivity index (χ0) is 12.7. The second-order valence-electron chi connectivity index (χ2n) is 3.52. The fourth-order valence-corrected chi connectivity index (χ4v) is 1.40. The predicted molar refractivity (Wildman–Crippen MR) is 62.0 cm³/mol. The lowest BCUT2D eigenvalue weighted by atomic mass is 10.1. The van der Waals surface area contributed by atoms with E-state index in [9.17, 15) is 4.79 Å². The maximum absolute atomic E-state index is 12.0. The van der Waals surface area contributed by atoms with Gasteiger partial charge in [0.15, 0.2) is 5.69 Å². The first kappa shape index (κ1) is 13.5. The van der Waals surface area contributed by atoms with Crippen LogP contribution in [0, 0.1) is 0 Å². The molecule has 1 atom stereocenters. The van der Waals surface area contributed by atoms with E-state index in [-0.39, 0.29) is 17.4 Å². The molecule has 0 radical (unpaired) electrons. The average molecular weight is 239 g/mol. The van der Waals surface area contributed by atoms with Crippen LogP contribution in [0.25, 0.3) is 0 Å².